The van der Waals surface area contributed by atoms with Gasteiger partial charge in [0, 0.05) is 13.0 Å². The molecule has 0 fully saturated rings. The molecule has 0 unspecified atom stereocenters. The molecule has 0 heterocycles. The summed E-state index contributed by atoms with van der Waals surface area (Å²) in [6, 6.07) is 5.25. The van der Waals surface area contributed by atoms with Crippen LogP contribution in [0.4, 0.5) is 0 Å². The Kier molecular flexibility index (Phi) is 6.69. The number of aliphatic hydroxyl groups excluding tert-OH is 2. The molecule has 0 aromatic heterocycles. The second-order valence-electron chi connectivity index (χ2n) is 5.52. The molecule has 0 bridgehead atoms. The molecule has 0 aliphatic carbocycles. The molecular weight excluding hydrogens is 322 g/mol. The van der Waals surface area contributed by atoms with E-state index in [4.69, 9.17) is 4.74 Å². The zero-order chi connectivity index (χ0) is 17.8. The van der Waals surface area contributed by atoms with Gasteiger partial charge in [0.05, 0.1) is 11.0 Å². The molecule has 3 N–H and O–H groups in total. The highest BCUT2D eigenvalue weighted by Crippen LogP contribution is 2.13. The third kappa shape index (κ3) is 5.58. The second-order valence-corrected chi connectivity index (χ2v) is 7.23. The van der Waals surface area contributed by atoms with Gasteiger partial charge in [-0.25, -0.2) is 13.1 Å². The van der Waals surface area contributed by atoms with Crippen molar-refractivity contribution >= 4 is 16.0 Å². The summed E-state index contributed by atoms with van der Waals surface area (Å²) in [5.74, 6) is -0.600. The monoisotopic (exact) mass is 345 g/mol. The van der Waals surface area contributed by atoms with Crippen LogP contribution in [0.3, 0.4) is 0 Å². The highest BCUT2D eigenvalue weighted by atomic mass is 32.2. The lowest BCUT2D eigenvalue weighted by molar-refractivity contribution is -0.156. The Labute approximate surface area is 136 Å². The topological polar surface area (TPSA) is 113 Å². The molecule has 0 aliphatic heterocycles. The Bertz CT molecular complexity index is 628. The van der Waals surface area contributed by atoms with Gasteiger partial charge in [-0.1, -0.05) is 17.7 Å². The van der Waals surface area contributed by atoms with E-state index >= 15 is 0 Å². The van der Waals surface area contributed by atoms with Gasteiger partial charge in [-0.15, -0.1) is 0 Å². The highest BCUT2D eigenvalue weighted by molar-refractivity contribution is 7.89. The Morgan fingerprint density at radius 2 is 1.65 bits per heavy atom. The zero-order valence-corrected chi connectivity index (χ0v) is 14.4. The fourth-order valence-electron chi connectivity index (χ4n) is 2.00. The lowest BCUT2D eigenvalue weighted by atomic mass is 10.0. The van der Waals surface area contributed by atoms with Crippen LogP contribution in [0, 0.1) is 6.92 Å². The van der Waals surface area contributed by atoms with Gasteiger partial charge in [0.25, 0.3) is 0 Å². The van der Waals surface area contributed by atoms with E-state index in [2.05, 4.69) is 4.72 Å². The van der Waals surface area contributed by atoms with E-state index in [1.807, 2.05) is 6.92 Å². The molecule has 4 atom stereocenters. The quantitative estimate of drug-likeness (QED) is 0.614. The number of aliphatic hydroxyl groups is 2. The molecule has 1 rings (SSSR count). The summed E-state index contributed by atoms with van der Waals surface area (Å²) in [7, 11) is -3.83. The van der Waals surface area contributed by atoms with E-state index < -0.39 is 40.3 Å². The van der Waals surface area contributed by atoms with Crippen molar-refractivity contribution < 1.29 is 28.2 Å². The Balaban J connectivity index is 2.78. The van der Waals surface area contributed by atoms with Crippen LogP contribution >= 0.6 is 0 Å². The first-order valence-electron chi connectivity index (χ1n) is 7.17. The first kappa shape index (κ1) is 19.6. The Hall–Kier alpha value is -1.48. The summed E-state index contributed by atoms with van der Waals surface area (Å²) in [6.07, 6.45) is -3.83. The van der Waals surface area contributed by atoms with Crippen molar-refractivity contribution in [1.82, 2.24) is 4.72 Å². The molecule has 23 heavy (non-hydrogen) atoms. The number of aryl methyl sites for hydroxylation is 1. The van der Waals surface area contributed by atoms with E-state index in [0.29, 0.717) is 0 Å². The third-order valence-corrected chi connectivity index (χ3v) is 4.94. The van der Waals surface area contributed by atoms with E-state index in [-0.39, 0.29) is 4.90 Å². The van der Waals surface area contributed by atoms with Crippen molar-refractivity contribution in [1.29, 1.82) is 0 Å². The fraction of sp³-hybridized carbons (Fsp3) is 0.533. The SMILES string of the molecule is CC(=O)O[C@H](C)[C@@H](O)[C@@H](O)[C@@H](C)NS(=O)(=O)c1ccc(C)cc1. The zero-order valence-electron chi connectivity index (χ0n) is 13.6. The minimum absolute atomic E-state index is 0.0599. The van der Waals surface area contributed by atoms with Gasteiger partial charge < -0.3 is 14.9 Å². The molecule has 0 amide bonds. The van der Waals surface area contributed by atoms with Crippen molar-refractivity contribution in [2.45, 2.75) is 56.9 Å². The molecule has 0 radical (unpaired) electrons. The standard InChI is InChI=1S/C15H23NO6S/c1-9-5-7-13(8-6-9)23(20,21)16-10(2)14(18)15(19)11(3)22-12(4)17/h5-8,10-11,14-16,18-19H,1-4H3/t10-,11-,14+,15-/m1/s1. The smallest absolute Gasteiger partial charge is 0.302 e. The Morgan fingerprint density at radius 3 is 2.13 bits per heavy atom. The number of carbonyl (C=O) groups excluding carboxylic acids is 1. The summed E-state index contributed by atoms with van der Waals surface area (Å²) in [6.45, 7) is 5.85. The van der Waals surface area contributed by atoms with Crippen LogP contribution in [-0.2, 0) is 19.6 Å². The molecule has 0 spiro atoms. The van der Waals surface area contributed by atoms with E-state index in [1.54, 1.807) is 12.1 Å². The largest absolute Gasteiger partial charge is 0.460 e. The van der Waals surface area contributed by atoms with E-state index in [1.165, 1.54) is 32.9 Å². The van der Waals surface area contributed by atoms with Gasteiger partial charge in [0.1, 0.15) is 12.2 Å². The average molecular weight is 345 g/mol. The van der Waals surface area contributed by atoms with E-state index in [0.717, 1.165) is 5.56 Å². The van der Waals surface area contributed by atoms with Gasteiger partial charge in [0.2, 0.25) is 10.0 Å². The number of hydrogen-bond donors (Lipinski definition) is 3. The lowest BCUT2D eigenvalue weighted by Crippen LogP contribution is -2.50. The first-order chi connectivity index (χ1) is 10.5. The van der Waals surface area contributed by atoms with Crippen molar-refractivity contribution in [3.8, 4) is 0 Å². The number of sulfonamides is 1. The molecule has 1 aromatic carbocycles. The number of benzene rings is 1. The minimum Gasteiger partial charge on any atom is -0.460 e. The minimum atomic E-state index is -3.83. The molecule has 0 saturated heterocycles. The van der Waals surface area contributed by atoms with Crippen LogP contribution in [0.25, 0.3) is 0 Å². The normalized spacial score (nSPS) is 17.1. The molecule has 1 aromatic rings. The lowest BCUT2D eigenvalue weighted by Gasteiger charge is -2.28. The number of rotatable bonds is 7. The van der Waals surface area contributed by atoms with Crippen LogP contribution in [0.1, 0.15) is 26.3 Å². The molecule has 130 valence electrons. The fourth-order valence-corrected chi connectivity index (χ4v) is 3.26. The van der Waals surface area contributed by atoms with Gasteiger partial charge in [-0.2, -0.15) is 0 Å². The molecule has 0 aliphatic rings. The summed E-state index contributed by atoms with van der Waals surface area (Å²) < 4.78 is 31.6. The second kappa shape index (κ2) is 7.87. The van der Waals surface area contributed by atoms with Crippen molar-refractivity contribution in [3.63, 3.8) is 0 Å². The average Bonchev–Trinajstić information content (AvgIpc) is 2.44. The molecule has 0 saturated carbocycles. The first-order valence-corrected chi connectivity index (χ1v) is 8.65. The van der Waals surface area contributed by atoms with Crippen LogP contribution in [0.5, 0.6) is 0 Å². The number of hydrogen-bond acceptors (Lipinski definition) is 6. The number of carbonyl (C=O) groups is 1. The third-order valence-electron chi connectivity index (χ3n) is 3.37. The molecule has 7 nitrogen and oxygen atoms in total. The van der Waals surface area contributed by atoms with Gasteiger partial charge in [-0.3, -0.25) is 4.79 Å². The summed E-state index contributed by atoms with van der Waals surface area (Å²) in [5.41, 5.74) is 0.919. The predicted octanol–water partition coefficient (Wildman–Crippen LogP) is 0.335. The maximum atomic E-state index is 12.2. The molecule has 8 heteroatoms. The van der Waals surface area contributed by atoms with Crippen LogP contribution in [0.15, 0.2) is 29.2 Å². The number of nitrogens with one attached hydrogen (secondary N) is 1. The Morgan fingerprint density at radius 1 is 1.13 bits per heavy atom. The van der Waals surface area contributed by atoms with Crippen molar-refractivity contribution in [3.05, 3.63) is 29.8 Å². The predicted molar refractivity (Wildman–Crippen MR) is 84.2 cm³/mol. The van der Waals surface area contributed by atoms with E-state index in [9.17, 15) is 23.4 Å². The highest BCUT2D eigenvalue weighted by Gasteiger charge is 2.31. The van der Waals surface area contributed by atoms with Crippen LogP contribution in [-0.4, -0.2) is 49.0 Å². The summed E-state index contributed by atoms with van der Waals surface area (Å²) in [5, 5.41) is 20.0. The number of ether oxygens (including phenoxy) is 1. The van der Waals surface area contributed by atoms with Gasteiger partial charge in [0.15, 0.2) is 0 Å². The summed E-state index contributed by atoms with van der Waals surface area (Å²) >= 11 is 0. The van der Waals surface area contributed by atoms with Crippen molar-refractivity contribution in [2.24, 2.45) is 0 Å². The maximum Gasteiger partial charge on any atom is 0.302 e. The van der Waals surface area contributed by atoms with Crippen LogP contribution < -0.4 is 4.72 Å². The van der Waals surface area contributed by atoms with Gasteiger partial charge >= 0.3 is 5.97 Å². The maximum absolute atomic E-state index is 12.2. The summed E-state index contributed by atoms with van der Waals surface area (Å²) in [4.78, 5) is 10.9. The number of esters is 1. The van der Waals surface area contributed by atoms with Crippen molar-refractivity contribution in [2.75, 3.05) is 0 Å². The van der Waals surface area contributed by atoms with Gasteiger partial charge in [-0.05, 0) is 32.9 Å². The molecular formula is C15H23NO6S. The van der Waals surface area contributed by atoms with Crippen LogP contribution in [0.2, 0.25) is 0 Å².